The Morgan fingerprint density at radius 2 is 1.94 bits per heavy atom. The summed E-state index contributed by atoms with van der Waals surface area (Å²) >= 11 is -0.385. The fraction of sp³-hybridized carbons (Fsp3) is 0.400. The van der Waals surface area contributed by atoms with Crippen molar-refractivity contribution < 1.29 is 22.8 Å². The Kier molecular flexibility index (Phi) is 8.60. The predicted octanol–water partition coefficient (Wildman–Crippen LogP) is 5.01. The number of hydrogen-bond acceptors (Lipinski definition) is 0. The van der Waals surface area contributed by atoms with Gasteiger partial charge in [-0.1, -0.05) is 0 Å². The first-order chi connectivity index (χ1) is 7.72. The Bertz CT molecular complexity index is 447. The molecule has 0 aliphatic heterocycles. The van der Waals surface area contributed by atoms with Crippen LogP contribution in [0, 0.1) is 0 Å². The van der Waals surface area contributed by atoms with Crippen molar-refractivity contribution >= 4 is 28.0 Å². The molecule has 0 bridgehead atoms. The molecule has 0 heterocycles. The molecule has 0 nitrogen and oxygen atoms in total. The Morgan fingerprint density at radius 3 is 2.44 bits per heavy atom. The van der Waals surface area contributed by atoms with Crippen LogP contribution in [-0.4, -0.2) is 3.21 Å². The van der Waals surface area contributed by atoms with Crippen molar-refractivity contribution in [3.8, 4) is 0 Å². The van der Waals surface area contributed by atoms with Gasteiger partial charge >= 0.3 is 110 Å². The number of allylic oxidation sites excluding steroid dienone is 8. The van der Waals surface area contributed by atoms with E-state index >= 15 is 0 Å². The SMILES string of the molecule is CCC1=[C]([Zr]=[C](C)C)CC=C1C1=CC=CC1.Cl.Cl. The zero-order valence-corrected chi connectivity index (χ0v) is 15.3. The standard InChI is InChI=1S/C12H13.C3H6.2ClH.Zr/c1-2-10-8-5-9-12(10)11-6-3-4-7-11;1-3-2;;;/h3-4,6,9H,2,5,7H2,1H3;1-2H3;2*1H;. The van der Waals surface area contributed by atoms with E-state index in [-0.39, 0.29) is 47.6 Å². The third kappa shape index (κ3) is 4.15. The van der Waals surface area contributed by atoms with Crippen LogP contribution in [0.5, 0.6) is 0 Å². The molecule has 2 aliphatic rings. The average molecular weight is 363 g/mol. The van der Waals surface area contributed by atoms with E-state index in [1.54, 1.807) is 19.9 Å². The van der Waals surface area contributed by atoms with E-state index in [0.29, 0.717) is 0 Å². The van der Waals surface area contributed by atoms with Gasteiger partial charge in [-0.15, -0.1) is 24.8 Å². The van der Waals surface area contributed by atoms with Gasteiger partial charge in [0.05, 0.1) is 0 Å². The molecule has 2 aliphatic carbocycles. The van der Waals surface area contributed by atoms with E-state index < -0.39 is 0 Å². The first kappa shape index (κ1) is 18.3. The van der Waals surface area contributed by atoms with Gasteiger partial charge in [0.2, 0.25) is 0 Å². The molecule has 0 aromatic carbocycles. The van der Waals surface area contributed by atoms with E-state index in [1.165, 1.54) is 12.8 Å². The van der Waals surface area contributed by atoms with E-state index in [1.807, 2.05) is 3.28 Å². The Balaban J connectivity index is 0.00000144. The largest absolute Gasteiger partial charge is 0.147 e. The zero-order chi connectivity index (χ0) is 11.5. The second-order valence-corrected chi connectivity index (χ2v) is 9.14. The quantitative estimate of drug-likeness (QED) is 0.662. The topological polar surface area (TPSA) is 0 Å². The monoisotopic (exact) mass is 361 g/mol. The van der Waals surface area contributed by atoms with Crippen LogP contribution in [0.3, 0.4) is 0 Å². The van der Waals surface area contributed by atoms with E-state index in [4.69, 9.17) is 0 Å². The maximum absolute atomic E-state index is 2.47. The maximum atomic E-state index is 2.47. The molecule has 0 amide bonds. The average Bonchev–Trinajstić information content (AvgIpc) is 2.84. The van der Waals surface area contributed by atoms with Gasteiger partial charge in [0.15, 0.2) is 0 Å². The third-order valence-electron chi connectivity index (χ3n) is 3.07. The van der Waals surface area contributed by atoms with Gasteiger partial charge < -0.3 is 0 Å². The van der Waals surface area contributed by atoms with Crippen molar-refractivity contribution in [2.24, 2.45) is 0 Å². The van der Waals surface area contributed by atoms with Crippen molar-refractivity contribution in [3.63, 3.8) is 0 Å². The molecule has 0 N–H and O–H groups in total. The number of hydrogen-bond donors (Lipinski definition) is 0. The smallest absolute Gasteiger partial charge is 0.147 e. The molecule has 18 heavy (non-hydrogen) atoms. The third-order valence-corrected chi connectivity index (χ3v) is 6.29. The summed E-state index contributed by atoms with van der Waals surface area (Å²) in [4.78, 5) is 0. The van der Waals surface area contributed by atoms with Gasteiger partial charge in [0, 0.05) is 0 Å². The summed E-state index contributed by atoms with van der Waals surface area (Å²) in [6.07, 6.45) is 12.8. The van der Waals surface area contributed by atoms with E-state index in [0.717, 1.165) is 6.42 Å². The van der Waals surface area contributed by atoms with Gasteiger partial charge in [-0.3, -0.25) is 0 Å². The summed E-state index contributed by atoms with van der Waals surface area (Å²) in [6.45, 7) is 6.92. The molecule has 0 spiro atoms. The van der Waals surface area contributed by atoms with E-state index in [2.05, 4.69) is 45.1 Å². The van der Waals surface area contributed by atoms with Gasteiger partial charge in [0.25, 0.3) is 0 Å². The van der Waals surface area contributed by atoms with Crippen molar-refractivity contribution in [3.05, 3.63) is 44.3 Å². The molecule has 0 atom stereocenters. The molecule has 0 unspecified atom stereocenters. The minimum atomic E-state index is -0.385. The summed E-state index contributed by atoms with van der Waals surface area (Å²) < 4.78 is 3.51. The molecule has 0 saturated carbocycles. The predicted molar refractivity (Wildman–Crippen MR) is 82.7 cm³/mol. The van der Waals surface area contributed by atoms with Crippen molar-refractivity contribution in [1.29, 1.82) is 0 Å². The van der Waals surface area contributed by atoms with Gasteiger partial charge in [-0.25, -0.2) is 0 Å². The summed E-state index contributed by atoms with van der Waals surface area (Å²) in [5, 5.41) is 0. The Labute approximate surface area is 134 Å². The van der Waals surface area contributed by atoms with Crippen molar-refractivity contribution in [1.82, 2.24) is 0 Å². The fourth-order valence-corrected chi connectivity index (χ4v) is 5.54. The van der Waals surface area contributed by atoms with Gasteiger partial charge in [-0.05, 0) is 0 Å². The minimum absolute atomic E-state index is 0. The molecule has 3 heteroatoms. The zero-order valence-electron chi connectivity index (χ0n) is 11.2. The molecule has 0 aromatic heterocycles. The van der Waals surface area contributed by atoms with Crippen LogP contribution in [0.15, 0.2) is 44.3 Å². The summed E-state index contributed by atoms with van der Waals surface area (Å²) in [7, 11) is 0. The van der Waals surface area contributed by atoms with Crippen molar-refractivity contribution in [2.45, 2.75) is 40.0 Å². The summed E-state index contributed by atoms with van der Waals surface area (Å²) in [5.41, 5.74) is 4.80. The van der Waals surface area contributed by atoms with E-state index in [9.17, 15) is 0 Å². The molecule has 99 valence electrons. The first-order valence-corrected chi connectivity index (χ1v) is 8.54. The Morgan fingerprint density at radius 1 is 1.22 bits per heavy atom. The molecular weight excluding hydrogens is 342 g/mol. The summed E-state index contributed by atoms with van der Waals surface area (Å²) in [5.74, 6) is 0. The molecule has 0 fully saturated rings. The molecular formula is C15H21Cl2Zr. The number of rotatable bonds is 3. The minimum Gasteiger partial charge on any atom is -0.147 e. The normalized spacial score (nSPS) is 16.6. The maximum Gasteiger partial charge on any atom is -0.147 e. The second-order valence-electron chi connectivity index (χ2n) is 4.58. The molecule has 2 rings (SSSR count). The number of halogens is 2. The second kappa shape index (κ2) is 8.46. The van der Waals surface area contributed by atoms with Crippen LogP contribution in [0.4, 0.5) is 0 Å². The summed E-state index contributed by atoms with van der Waals surface area (Å²) in [6, 6.07) is 0. The Hall–Kier alpha value is 0.293. The van der Waals surface area contributed by atoms with Crippen LogP contribution in [0.25, 0.3) is 0 Å². The molecule has 0 radical (unpaired) electrons. The van der Waals surface area contributed by atoms with Crippen LogP contribution >= 0.6 is 24.8 Å². The van der Waals surface area contributed by atoms with Crippen LogP contribution in [0.1, 0.15) is 40.0 Å². The van der Waals surface area contributed by atoms with Crippen LogP contribution in [-0.2, 0) is 22.8 Å². The van der Waals surface area contributed by atoms with Crippen molar-refractivity contribution in [2.75, 3.05) is 0 Å². The first-order valence-electron chi connectivity index (χ1n) is 6.08. The molecule has 0 saturated heterocycles. The van der Waals surface area contributed by atoms with Gasteiger partial charge in [-0.2, -0.15) is 0 Å². The van der Waals surface area contributed by atoms with Crippen LogP contribution < -0.4 is 0 Å². The molecule has 0 aromatic rings. The fourth-order valence-electron chi connectivity index (χ4n) is 2.42. The van der Waals surface area contributed by atoms with Crippen LogP contribution in [0.2, 0.25) is 0 Å². The van der Waals surface area contributed by atoms with Gasteiger partial charge in [0.1, 0.15) is 0 Å².